The molecular weight excluding hydrogens is 248 g/mol. The maximum atomic E-state index is 12.1. The topological polar surface area (TPSA) is 55.1 Å². The Morgan fingerprint density at radius 2 is 1.90 bits per heavy atom. The van der Waals surface area contributed by atoms with Gasteiger partial charge in [-0.1, -0.05) is 31.2 Å². The molecule has 1 saturated carbocycles. The summed E-state index contributed by atoms with van der Waals surface area (Å²) in [5, 5.41) is 3.13. The first-order valence-electron chi connectivity index (χ1n) is 7.66. The second kappa shape index (κ2) is 6.40. The molecular formula is C17H26N2O. The number of hydrogen-bond acceptors (Lipinski definition) is 2. The van der Waals surface area contributed by atoms with Crippen LogP contribution in [0.3, 0.4) is 0 Å². The highest BCUT2D eigenvalue weighted by atomic mass is 16.1. The normalized spacial score (nSPS) is 17.6. The fourth-order valence-corrected chi connectivity index (χ4v) is 2.62. The number of carbonyl (C=O) groups excluding carboxylic acids is 1. The molecule has 0 aliphatic heterocycles. The van der Waals surface area contributed by atoms with Gasteiger partial charge >= 0.3 is 0 Å². The molecule has 1 atom stereocenters. The Morgan fingerprint density at radius 3 is 2.40 bits per heavy atom. The molecule has 0 bridgehead atoms. The third-order valence-corrected chi connectivity index (χ3v) is 4.40. The summed E-state index contributed by atoms with van der Waals surface area (Å²) in [5.74, 6) is 0.685. The molecule has 3 nitrogen and oxygen atoms in total. The third kappa shape index (κ3) is 3.83. The fourth-order valence-electron chi connectivity index (χ4n) is 2.62. The number of amides is 1. The summed E-state index contributed by atoms with van der Waals surface area (Å²) in [6, 6.07) is 8.52. The van der Waals surface area contributed by atoms with Crippen molar-refractivity contribution in [3.63, 3.8) is 0 Å². The molecule has 1 unspecified atom stereocenters. The van der Waals surface area contributed by atoms with Gasteiger partial charge in [0.2, 0.25) is 5.91 Å². The smallest absolute Gasteiger partial charge is 0.220 e. The summed E-state index contributed by atoms with van der Waals surface area (Å²) in [7, 11) is 0. The van der Waals surface area contributed by atoms with Crippen LogP contribution >= 0.6 is 0 Å². The van der Waals surface area contributed by atoms with Crippen molar-refractivity contribution in [2.75, 3.05) is 6.54 Å². The summed E-state index contributed by atoms with van der Waals surface area (Å²) in [6.07, 6.45) is 4.75. The summed E-state index contributed by atoms with van der Waals surface area (Å²) in [4.78, 5) is 12.1. The summed E-state index contributed by atoms with van der Waals surface area (Å²) in [5.41, 5.74) is 8.17. The summed E-state index contributed by atoms with van der Waals surface area (Å²) in [6.45, 7) is 4.74. The van der Waals surface area contributed by atoms with E-state index in [4.69, 9.17) is 5.73 Å². The predicted molar refractivity (Wildman–Crippen MR) is 82.5 cm³/mol. The average Bonchev–Trinajstić information content (AvgIpc) is 3.30. The van der Waals surface area contributed by atoms with E-state index in [-0.39, 0.29) is 11.4 Å². The Morgan fingerprint density at radius 1 is 1.30 bits per heavy atom. The van der Waals surface area contributed by atoms with E-state index in [2.05, 4.69) is 43.4 Å². The van der Waals surface area contributed by atoms with Gasteiger partial charge in [0.1, 0.15) is 0 Å². The van der Waals surface area contributed by atoms with Crippen LogP contribution in [0.2, 0.25) is 0 Å². The van der Waals surface area contributed by atoms with Crippen LogP contribution in [0.15, 0.2) is 24.3 Å². The van der Waals surface area contributed by atoms with Gasteiger partial charge in [0.05, 0.1) is 5.54 Å². The zero-order valence-corrected chi connectivity index (χ0v) is 12.6. The van der Waals surface area contributed by atoms with Gasteiger partial charge in [-0.3, -0.25) is 4.79 Å². The van der Waals surface area contributed by atoms with Crippen molar-refractivity contribution >= 4 is 5.91 Å². The van der Waals surface area contributed by atoms with Crippen LogP contribution < -0.4 is 11.1 Å². The lowest BCUT2D eigenvalue weighted by Crippen LogP contribution is -2.53. The molecule has 0 saturated heterocycles. The minimum atomic E-state index is -0.205. The van der Waals surface area contributed by atoms with E-state index < -0.39 is 0 Å². The molecule has 1 aliphatic rings. The molecule has 0 radical (unpaired) electrons. The predicted octanol–water partition coefficient (Wildman–Crippen LogP) is 2.43. The lowest BCUT2D eigenvalue weighted by molar-refractivity contribution is -0.123. The van der Waals surface area contributed by atoms with Crippen molar-refractivity contribution in [3.8, 4) is 0 Å². The number of nitrogens with one attached hydrogen (secondary N) is 1. The van der Waals surface area contributed by atoms with Gasteiger partial charge in [0.15, 0.2) is 0 Å². The summed E-state index contributed by atoms with van der Waals surface area (Å²) < 4.78 is 0. The SMILES string of the molecule is CCc1ccc(CCC(=O)NC(C)(CN)C2CC2)cc1. The first kappa shape index (κ1) is 15.0. The standard InChI is InChI=1S/C17H26N2O/c1-3-13-4-6-14(7-5-13)8-11-16(20)19-17(2,12-18)15-9-10-15/h4-7,15H,3,8-12,18H2,1-2H3,(H,19,20). The molecule has 0 heterocycles. The third-order valence-electron chi connectivity index (χ3n) is 4.40. The largest absolute Gasteiger partial charge is 0.349 e. The Bertz CT molecular complexity index is 451. The summed E-state index contributed by atoms with van der Waals surface area (Å²) >= 11 is 0. The van der Waals surface area contributed by atoms with Gasteiger partial charge in [-0.15, -0.1) is 0 Å². The van der Waals surface area contributed by atoms with E-state index in [0.29, 0.717) is 18.9 Å². The van der Waals surface area contributed by atoms with E-state index in [1.165, 1.54) is 24.0 Å². The number of rotatable bonds is 7. The molecule has 0 spiro atoms. The molecule has 3 heteroatoms. The van der Waals surface area contributed by atoms with Gasteiger partial charge in [0, 0.05) is 13.0 Å². The second-order valence-corrected chi connectivity index (χ2v) is 6.11. The van der Waals surface area contributed by atoms with Crippen LogP contribution in [0.1, 0.15) is 44.2 Å². The number of hydrogen-bond donors (Lipinski definition) is 2. The van der Waals surface area contributed by atoms with E-state index in [1.807, 2.05) is 0 Å². The van der Waals surface area contributed by atoms with Crippen LogP contribution in [-0.2, 0) is 17.6 Å². The van der Waals surface area contributed by atoms with Gasteiger partial charge in [-0.25, -0.2) is 0 Å². The zero-order valence-electron chi connectivity index (χ0n) is 12.6. The monoisotopic (exact) mass is 274 g/mol. The lowest BCUT2D eigenvalue weighted by Gasteiger charge is -2.29. The fraction of sp³-hybridized carbons (Fsp3) is 0.588. The van der Waals surface area contributed by atoms with Crippen LogP contribution in [-0.4, -0.2) is 18.0 Å². The van der Waals surface area contributed by atoms with E-state index in [0.717, 1.165) is 12.8 Å². The van der Waals surface area contributed by atoms with Crippen molar-refractivity contribution in [1.82, 2.24) is 5.32 Å². The van der Waals surface area contributed by atoms with Crippen LogP contribution in [0.5, 0.6) is 0 Å². The van der Waals surface area contributed by atoms with Gasteiger partial charge in [-0.2, -0.15) is 0 Å². The highest BCUT2D eigenvalue weighted by molar-refractivity contribution is 5.77. The van der Waals surface area contributed by atoms with Gasteiger partial charge in [0.25, 0.3) is 0 Å². The van der Waals surface area contributed by atoms with Crippen LogP contribution in [0.4, 0.5) is 0 Å². The minimum Gasteiger partial charge on any atom is -0.349 e. The first-order valence-corrected chi connectivity index (χ1v) is 7.66. The number of nitrogens with two attached hydrogens (primary N) is 1. The molecule has 110 valence electrons. The molecule has 1 aromatic carbocycles. The Hall–Kier alpha value is -1.35. The highest BCUT2D eigenvalue weighted by Gasteiger charge is 2.41. The quantitative estimate of drug-likeness (QED) is 0.802. The lowest BCUT2D eigenvalue weighted by atomic mass is 9.95. The average molecular weight is 274 g/mol. The van der Waals surface area contributed by atoms with E-state index >= 15 is 0 Å². The van der Waals surface area contributed by atoms with Crippen molar-refractivity contribution in [2.45, 2.75) is 51.5 Å². The molecule has 20 heavy (non-hydrogen) atoms. The first-order chi connectivity index (χ1) is 9.57. The molecule has 2 rings (SSSR count). The van der Waals surface area contributed by atoms with Crippen molar-refractivity contribution < 1.29 is 4.79 Å². The number of carbonyl (C=O) groups is 1. The highest BCUT2D eigenvalue weighted by Crippen LogP contribution is 2.38. The van der Waals surface area contributed by atoms with Crippen molar-refractivity contribution in [3.05, 3.63) is 35.4 Å². The Labute approximate surface area is 121 Å². The van der Waals surface area contributed by atoms with Gasteiger partial charge < -0.3 is 11.1 Å². The van der Waals surface area contributed by atoms with Crippen LogP contribution in [0, 0.1) is 5.92 Å². The molecule has 1 fully saturated rings. The van der Waals surface area contributed by atoms with Crippen molar-refractivity contribution in [1.29, 1.82) is 0 Å². The van der Waals surface area contributed by atoms with E-state index in [1.54, 1.807) is 0 Å². The minimum absolute atomic E-state index is 0.115. The molecule has 1 amide bonds. The molecule has 1 aromatic rings. The van der Waals surface area contributed by atoms with Crippen LogP contribution in [0.25, 0.3) is 0 Å². The van der Waals surface area contributed by atoms with E-state index in [9.17, 15) is 4.79 Å². The maximum absolute atomic E-state index is 12.1. The Kier molecular flexibility index (Phi) is 4.81. The molecule has 1 aliphatic carbocycles. The number of benzene rings is 1. The van der Waals surface area contributed by atoms with Gasteiger partial charge in [-0.05, 0) is 49.7 Å². The second-order valence-electron chi connectivity index (χ2n) is 6.11. The number of aryl methyl sites for hydroxylation is 2. The van der Waals surface area contributed by atoms with Crippen molar-refractivity contribution in [2.24, 2.45) is 11.7 Å². The molecule has 3 N–H and O–H groups in total. The zero-order chi connectivity index (χ0) is 14.6. The maximum Gasteiger partial charge on any atom is 0.220 e. The Balaban J connectivity index is 1.82. The molecule has 0 aromatic heterocycles.